The van der Waals surface area contributed by atoms with E-state index in [1.54, 1.807) is 28.0 Å². The number of urea groups is 1. The Morgan fingerprint density at radius 1 is 1.23 bits per heavy atom. The molecule has 0 unspecified atom stereocenters. The highest BCUT2D eigenvalue weighted by Crippen LogP contribution is 2.28. The van der Waals surface area contributed by atoms with Gasteiger partial charge in [0, 0.05) is 26.6 Å². The monoisotopic (exact) mass is 344 g/mol. The minimum absolute atomic E-state index is 0.0851. The molecular weight excluding hydrogens is 321 g/mol. The van der Waals surface area contributed by atoms with E-state index in [1.165, 1.54) is 0 Å². The van der Waals surface area contributed by atoms with Gasteiger partial charge in [-0.15, -0.1) is 4.90 Å². The van der Waals surface area contributed by atoms with Crippen LogP contribution < -0.4 is 4.90 Å². The normalized spacial score (nSPS) is 10.3. The fraction of sp³-hybridized carbons (Fsp3) is 0.500. The van der Waals surface area contributed by atoms with Crippen LogP contribution in [-0.4, -0.2) is 49.0 Å². The topological polar surface area (TPSA) is 26.6 Å². The van der Waals surface area contributed by atoms with Gasteiger partial charge in [-0.2, -0.15) is 0 Å². The molecule has 0 heterocycles. The minimum atomic E-state index is -0.0851. The summed E-state index contributed by atoms with van der Waals surface area (Å²) < 4.78 is 1.90. The average Bonchev–Trinajstić information content (AvgIpc) is 2.48. The second kappa shape index (κ2) is 8.39. The number of halogens is 2. The zero-order valence-corrected chi connectivity index (χ0v) is 15.4. The Bertz CT molecular complexity index is 569. The minimum Gasteiger partial charge on any atom is -0.307 e. The molecule has 0 saturated carbocycles. The lowest BCUT2D eigenvalue weighted by atomic mass is 10.2. The van der Waals surface area contributed by atoms with E-state index in [-0.39, 0.29) is 6.03 Å². The van der Waals surface area contributed by atoms with Crippen molar-refractivity contribution in [2.75, 3.05) is 32.6 Å². The third-order valence-electron chi connectivity index (χ3n) is 3.50. The predicted molar refractivity (Wildman–Crippen MR) is 94.7 cm³/mol. The van der Waals surface area contributed by atoms with Gasteiger partial charge in [-0.25, -0.2) is 4.79 Å². The summed E-state index contributed by atoms with van der Waals surface area (Å²) >= 11 is 12.1. The Morgan fingerprint density at radius 3 is 2.36 bits per heavy atom. The number of carbonyl (C=O) groups excluding carboxylic acids is 1. The quantitative estimate of drug-likeness (QED) is 0.453. The molecule has 0 aliphatic rings. The standard InChI is InChI=1S/C16H24Cl2N3O/c1-6-7-10-20(5)16(22)21(12(2)19(3)4)13-8-9-14(17)15(18)11-13/h8-9,11H,6-7,10H2,1-5H3/q+1. The number of rotatable bonds is 4. The number of nitrogens with zero attached hydrogens (tertiary/aromatic N) is 3. The van der Waals surface area contributed by atoms with E-state index in [4.69, 9.17) is 23.2 Å². The third-order valence-corrected chi connectivity index (χ3v) is 4.24. The van der Waals surface area contributed by atoms with Gasteiger partial charge in [0.25, 0.3) is 5.84 Å². The van der Waals surface area contributed by atoms with Crippen molar-refractivity contribution >= 4 is 40.8 Å². The molecule has 0 aliphatic carbocycles. The van der Waals surface area contributed by atoms with Gasteiger partial charge in [0.15, 0.2) is 0 Å². The summed E-state index contributed by atoms with van der Waals surface area (Å²) in [5, 5.41) is 0.902. The van der Waals surface area contributed by atoms with Crippen LogP contribution >= 0.6 is 23.2 Å². The molecule has 1 rings (SSSR count). The molecule has 0 N–H and O–H groups in total. The van der Waals surface area contributed by atoms with E-state index in [2.05, 4.69) is 6.92 Å². The van der Waals surface area contributed by atoms with Gasteiger partial charge >= 0.3 is 6.03 Å². The number of hydrogen-bond donors (Lipinski definition) is 0. The fourth-order valence-corrected chi connectivity index (χ4v) is 2.21. The van der Waals surface area contributed by atoms with E-state index >= 15 is 0 Å². The Balaban J connectivity index is 3.21. The number of benzene rings is 1. The molecule has 4 nitrogen and oxygen atoms in total. The second-order valence-electron chi connectivity index (χ2n) is 5.43. The molecule has 0 bridgehead atoms. The zero-order chi connectivity index (χ0) is 16.9. The van der Waals surface area contributed by atoms with Crippen LogP contribution in [0.4, 0.5) is 10.5 Å². The number of hydrogen-bond acceptors (Lipinski definition) is 1. The molecule has 0 aromatic heterocycles. The van der Waals surface area contributed by atoms with E-state index in [0.717, 1.165) is 18.7 Å². The van der Waals surface area contributed by atoms with Crippen LogP contribution in [0.3, 0.4) is 0 Å². The first-order valence-corrected chi connectivity index (χ1v) is 8.06. The molecule has 0 spiro atoms. The molecule has 0 fully saturated rings. The molecule has 2 amide bonds. The largest absolute Gasteiger partial charge is 0.416 e. The fourth-order valence-electron chi connectivity index (χ4n) is 1.92. The number of unbranched alkanes of at least 4 members (excludes halogenated alkanes) is 1. The number of amides is 2. The first-order valence-electron chi connectivity index (χ1n) is 7.30. The lowest BCUT2D eigenvalue weighted by Crippen LogP contribution is -2.46. The first kappa shape index (κ1) is 18.8. The van der Waals surface area contributed by atoms with Gasteiger partial charge in [0.1, 0.15) is 5.69 Å². The van der Waals surface area contributed by atoms with Crippen LogP contribution in [0.15, 0.2) is 18.2 Å². The summed E-state index contributed by atoms with van der Waals surface area (Å²) in [7, 11) is 5.61. The SMILES string of the molecule is CCCCN(C)C(=O)N(C(C)=[N+](C)C)c1ccc(Cl)c(Cl)c1. The summed E-state index contributed by atoms with van der Waals surface area (Å²) in [6, 6.07) is 5.13. The Kier molecular flexibility index (Phi) is 7.17. The first-order chi connectivity index (χ1) is 10.3. The molecule has 6 heteroatoms. The molecule has 1 aromatic rings. The van der Waals surface area contributed by atoms with Crippen molar-refractivity contribution in [3.05, 3.63) is 28.2 Å². The van der Waals surface area contributed by atoms with Crippen LogP contribution in [0, 0.1) is 0 Å². The number of amidine groups is 1. The molecule has 0 atom stereocenters. The van der Waals surface area contributed by atoms with Crippen molar-refractivity contribution in [3.63, 3.8) is 0 Å². The van der Waals surface area contributed by atoms with Crippen molar-refractivity contribution in [2.45, 2.75) is 26.7 Å². The van der Waals surface area contributed by atoms with Gasteiger partial charge < -0.3 is 4.90 Å². The third kappa shape index (κ3) is 4.62. The lowest BCUT2D eigenvalue weighted by molar-refractivity contribution is -0.465. The summed E-state index contributed by atoms with van der Waals surface area (Å²) in [5.41, 5.74) is 0.703. The molecule has 1 aromatic carbocycles. The summed E-state index contributed by atoms with van der Waals surface area (Å²) in [4.78, 5) is 16.2. The van der Waals surface area contributed by atoms with Crippen LogP contribution in [-0.2, 0) is 0 Å². The van der Waals surface area contributed by atoms with Gasteiger partial charge in [0.05, 0.1) is 24.1 Å². The molecule has 0 aliphatic heterocycles. The zero-order valence-electron chi connectivity index (χ0n) is 13.9. The maximum atomic E-state index is 12.8. The summed E-state index contributed by atoms with van der Waals surface area (Å²) in [5.74, 6) is 0.812. The predicted octanol–water partition coefficient (Wildman–Crippen LogP) is 4.34. The van der Waals surface area contributed by atoms with Gasteiger partial charge in [-0.3, -0.25) is 4.58 Å². The molecule has 122 valence electrons. The van der Waals surface area contributed by atoms with Crippen molar-refractivity contribution in [2.24, 2.45) is 0 Å². The van der Waals surface area contributed by atoms with Crippen LogP contribution in [0.1, 0.15) is 26.7 Å². The van der Waals surface area contributed by atoms with E-state index in [1.807, 2.05) is 32.6 Å². The van der Waals surface area contributed by atoms with Gasteiger partial charge in [-0.1, -0.05) is 36.5 Å². The molecule has 0 radical (unpaired) electrons. The Labute approximate surface area is 142 Å². The van der Waals surface area contributed by atoms with E-state index in [9.17, 15) is 4.79 Å². The van der Waals surface area contributed by atoms with Crippen molar-refractivity contribution in [1.82, 2.24) is 4.90 Å². The number of carbonyl (C=O) groups is 1. The highest BCUT2D eigenvalue weighted by Gasteiger charge is 2.30. The molecule has 22 heavy (non-hydrogen) atoms. The van der Waals surface area contributed by atoms with Gasteiger partial charge in [0.2, 0.25) is 0 Å². The summed E-state index contributed by atoms with van der Waals surface area (Å²) in [6.07, 6.45) is 2.01. The van der Waals surface area contributed by atoms with Gasteiger partial charge in [-0.05, 0) is 18.6 Å². The number of anilines is 1. The van der Waals surface area contributed by atoms with Crippen LogP contribution in [0.5, 0.6) is 0 Å². The Morgan fingerprint density at radius 2 is 1.86 bits per heavy atom. The maximum Gasteiger partial charge on any atom is 0.416 e. The highest BCUT2D eigenvalue weighted by atomic mass is 35.5. The highest BCUT2D eigenvalue weighted by molar-refractivity contribution is 6.42. The summed E-state index contributed by atoms with van der Waals surface area (Å²) in [6.45, 7) is 4.72. The lowest BCUT2D eigenvalue weighted by Gasteiger charge is -2.23. The Hall–Kier alpha value is -1.26. The maximum absolute atomic E-state index is 12.8. The van der Waals surface area contributed by atoms with Crippen molar-refractivity contribution < 1.29 is 9.37 Å². The second-order valence-corrected chi connectivity index (χ2v) is 6.25. The molecule has 0 saturated heterocycles. The van der Waals surface area contributed by atoms with Crippen molar-refractivity contribution in [3.8, 4) is 0 Å². The molecular formula is C16H24Cl2N3O+. The van der Waals surface area contributed by atoms with E-state index in [0.29, 0.717) is 22.3 Å². The average molecular weight is 345 g/mol. The van der Waals surface area contributed by atoms with E-state index < -0.39 is 0 Å². The van der Waals surface area contributed by atoms with Crippen LogP contribution in [0.2, 0.25) is 10.0 Å². The van der Waals surface area contributed by atoms with Crippen molar-refractivity contribution in [1.29, 1.82) is 0 Å². The van der Waals surface area contributed by atoms with Crippen LogP contribution in [0.25, 0.3) is 0 Å². The smallest absolute Gasteiger partial charge is 0.307 e.